The zero-order chi connectivity index (χ0) is 29.2. The van der Waals surface area contributed by atoms with Gasteiger partial charge in [-0.1, -0.05) is 90.1 Å². The third-order valence-electron chi connectivity index (χ3n) is 7.18. The Kier molecular flexibility index (Phi) is 8.02. The lowest BCUT2D eigenvalue weighted by Gasteiger charge is -2.20. The van der Waals surface area contributed by atoms with Gasteiger partial charge in [-0.05, 0) is 72.2 Å². The van der Waals surface area contributed by atoms with Crippen LogP contribution in [0, 0.1) is 0 Å². The number of aromatic hydroxyl groups is 2. The second-order valence-electron chi connectivity index (χ2n) is 12.4. The number of hydrogen-bond acceptors (Lipinski definition) is 4. The molecule has 0 radical (unpaired) electrons. The molecule has 0 spiro atoms. The molecule has 4 heteroatoms. The summed E-state index contributed by atoms with van der Waals surface area (Å²) in [6.45, 7) is 16.8. The van der Waals surface area contributed by atoms with E-state index in [4.69, 9.17) is 9.98 Å². The van der Waals surface area contributed by atoms with E-state index in [0.29, 0.717) is 0 Å². The predicted molar refractivity (Wildman–Crippen MR) is 169 cm³/mol. The second-order valence-corrected chi connectivity index (χ2v) is 12.4. The van der Waals surface area contributed by atoms with Crippen LogP contribution in [0.4, 0.5) is 11.4 Å². The van der Waals surface area contributed by atoms with E-state index in [1.54, 1.807) is 12.1 Å². The zero-order valence-corrected chi connectivity index (χ0v) is 24.9. The van der Waals surface area contributed by atoms with Crippen LogP contribution < -0.4 is 0 Å². The van der Waals surface area contributed by atoms with Gasteiger partial charge in [0, 0.05) is 33.7 Å². The van der Waals surface area contributed by atoms with Crippen molar-refractivity contribution in [3.63, 3.8) is 0 Å². The fourth-order valence-electron chi connectivity index (χ4n) is 4.66. The van der Waals surface area contributed by atoms with Gasteiger partial charge in [-0.15, -0.1) is 0 Å². The van der Waals surface area contributed by atoms with Crippen LogP contribution in [0.25, 0.3) is 11.1 Å². The molecule has 0 fully saturated rings. The normalized spacial score (nSPS) is 13.0. The third-order valence-corrected chi connectivity index (χ3v) is 7.18. The second kappa shape index (κ2) is 11.1. The minimum absolute atomic E-state index is 0.0454. The molecular formula is C36H40N2O2. The summed E-state index contributed by atoms with van der Waals surface area (Å²) in [4.78, 5) is 9.98. The molecule has 2 N–H and O–H groups in total. The van der Waals surface area contributed by atoms with Gasteiger partial charge in [0.05, 0.1) is 11.4 Å². The first-order valence-electron chi connectivity index (χ1n) is 13.7. The Hall–Kier alpha value is -4.18. The van der Waals surface area contributed by atoms with E-state index in [-0.39, 0.29) is 22.3 Å². The Bertz CT molecular complexity index is 1480. The van der Waals surface area contributed by atoms with Crippen molar-refractivity contribution >= 4 is 22.8 Å². The van der Waals surface area contributed by atoms with Crippen LogP contribution >= 0.6 is 0 Å². The summed E-state index contributed by atoms with van der Waals surface area (Å²) in [5.74, 6) is 0.425. The van der Waals surface area contributed by atoms with Crippen LogP contribution in [-0.4, -0.2) is 21.6 Å². The lowest BCUT2D eigenvalue weighted by Crippen LogP contribution is -2.12. The smallest absolute Gasteiger partial charge is 0.124 e. The lowest BCUT2D eigenvalue weighted by atomic mass is 9.85. The van der Waals surface area contributed by atoms with Gasteiger partial charge in [-0.25, -0.2) is 0 Å². The van der Waals surface area contributed by atoms with E-state index in [2.05, 4.69) is 41.5 Å². The Labute approximate surface area is 238 Å². The molecule has 4 nitrogen and oxygen atoms in total. The van der Waals surface area contributed by atoms with E-state index >= 15 is 0 Å². The van der Waals surface area contributed by atoms with Gasteiger partial charge in [-0.3, -0.25) is 9.98 Å². The van der Waals surface area contributed by atoms with Crippen molar-refractivity contribution in [2.45, 2.75) is 66.2 Å². The number of phenols is 2. The molecule has 4 aromatic rings. The molecule has 4 aromatic carbocycles. The van der Waals surface area contributed by atoms with Gasteiger partial charge in [-0.2, -0.15) is 0 Å². The van der Waals surface area contributed by atoms with Gasteiger partial charge in [0.1, 0.15) is 11.5 Å². The fraction of sp³-hybridized carbons (Fsp3) is 0.278. The topological polar surface area (TPSA) is 65.2 Å². The van der Waals surface area contributed by atoms with Crippen LogP contribution in [0.1, 0.15) is 77.6 Å². The molecular weight excluding hydrogens is 492 g/mol. The summed E-state index contributed by atoms with van der Waals surface area (Å²) >= 11 is 0. The first kappa shape index (κ1) is 28.8. The number of nitrogens with zero attached hydrogens (tertiary/aromatic N) is 2. The van der Waals surface area contributed by atoms with Crippen molar-refractivity contribution in [3.8, 4) is 22.6 Å². The maximum atomic E-state index is 10.7. The van der Waals surface area contributed by atoms with Crippen LogP contribution in [0.2, 0.25) is 0 Å². The molecule has 0 saturated heterocycles. The van der Waals surface area contributed by atoms with Gasteiger partial charge in [0.2, 0.25) is 0 Å². The Balaban J connectivity index is 1.80. The molecule has 0 heterocycles. The van der Waals surface area contributed by atoms with E-state index < -0.39 is 0 Å². The molecule has 0 bridgehead atoms. The minimum Gasteiger partial charge on any atom is -0.507 e. The van der Waals surface area contributed by atoms with Crippen molar-refractivity contribution < 1.29 is 10.2 Å². The highest BCUT2D eigenvalue weighted by Crippen LogP contribution is 2.38. The fourth-order valence-corrected chi connectivity index (χ4v) is 4.66. The highest BCUT2D eigenvalue weighted by Gasteiger charge is 2.18. The highest BCUT2D eigenvalue weighted by molar-refractivity contribution is 6.05. The van der Waals surface area contributed by atoms with Crippen molar-refractivity contribution in [2.75, 3.05) is 0 Å². The predicted octanol–water partition coefficient (Wildman–Crippen LogP) is 9.64. The molecule has 0 atom stereocenters. The number of benzene rings is 4. The molecule has 0 aliphatic rings. The van der Waals surface area contributed by atoms with Crippen molar-refractivity contribution in [1.82, 2.24) is 0 Å². The molecule has 0 saturated carbocycles. The quantitative estimate of drug-likeness (QED) is 0.251. The number of aliphatic imine (C=N–C) groups is 2. The van der Waals surface area contributed by atoms with Crippen LogP contribution in [0.15, 0.2) is 94.9 Å². The summed E-state index contributed by atoms with van der Waals surface area (Å²) in [5, 5.41) is 21.3. The van der Waals surface area contributed by atoms with Crippen molar-refractivity contribution in [2.24, 2.45) is 9.98 Å². The molecule has 0 aromatic heterocycles. The Morgan fingerprint density at radius 2 is 0.875 bits per heavy atom. The average molecular weight is 533 g/mol. The number of rotatable bonds is 5. The molecule has 0 aliphatic carbocycles. The van der Waals surface area contributed by atoms with Gasteiger partial charge < -0.3 is 10.2 Å². The molecule has 206 valence electrons. The summed E-state index contributed by atoms with van der Waals surface area (Å²) in [6, 6.07) is 27.4. The van der Waals surface area contributed by atoms with Gasteiger partial charge in [0.25, 0.3) is 0 Å². The summed E-state index contributed by atoms with van der Waals surface area (Å²) < 4.78 is 0. The van der Waals surface area contributed by atoms with E-state index in [1.807, 2.05) is 86.6 Å². The number of hydrogen-bond donors (Lipinski definition) is 2. The van der Waals surface area contributed by atoms with Crippen LogP contribution in [-0.2, 0) is 10.8 Å². The third kappa shape index (κ3) is 6.34. The summed E-state index contributed by atoms with van der Waals surface area (Å²) in [6.07, 6.45) is 0. The Morgan fingerprint density at radius 3 is 1.23 bits per heavy atom. The summed E-state index contributed by atoms with van der Waals surface area (Å²) in [5.41, 5.74) is 8.55. The first-order chi connectivity index (χ1) is 18.8. The summed E-state index contributed by atoms with van der Waals surface area (Å²) in [7, 11) is 0. The van der Waals surface area contributed by atoms with Crippen molar-refractivity contribution in [3.05, 3.63) is 107 Å². The standard InChI is InChI=1S/C36H40N2O2/c1-23(29-21-25(35(3,4)5)17-19-33(29)39)37-31-15-11-9-13-27(31)28-14-10-12-16-32(28)38-24(2)30-22-26(36(6,7)8)18-20-34(30)40/h9-22,39-40H,1-8H3. The van der Waals surface area contributed by atoms with E-state index in [0.717, 1.165) is 56.2 Å². The molecule has 4 rings (SSSR count). The molecule has 40 heavy (non-hydrogen) atoms. The monoisotopic (exact) mass is 532 g/mol. The largest absolute Gasteiger partial charge is 0.507 e. The van der Waals surface area contributed by atoms with E-state index in [9.17, 15) is 10.2 Å². The molecule has 0 amide bonds. The Morgan fingerprint density at radius 1 is 0.525 bits per heavy atom. The van der Waals surface area contributed by atoms with Crippen molar-refractivity contribution in [1.29, 1.82) is 0 Å². The highest BCUT2D eigenvalue weighted by atomic mass is 16.3. The first-order valence-corrected chi connectivity index (χ1v) is 13.7. The van der Waals surface area contributed by atoms with Gasteiger partial charge in [0.15, 0.2) is 0 Å². The maximum Gasteiger partial charge on any atom is 0.124 e. The SMILES string of the molecule is CC(=Nc1ccccc1-c1ccccc1N=C(C)c1cc(C(C)(C)C)ccc1O)c1cc(C(C)(C)C)ccc1O. The van der Waals surface area contributed by atoms with Crippen LogP contribution in [0.5, 0.6) is 11.5 Å². The molecule has 0 unspecified atom stereocenters. The van der Waals surface area contributed by atoms with Gasteiger partial charge >= 0.3 is 0 Å². The van der Waals surface area contributed by atoms with E-state index in [1.165, 1.54) is 0 Å². The van der Waals surface area contributed by atoms with Crippen LogP contribution in [0.3, 0.4) is 0 Å². The average Bonchev–Trinajstić information content (AvgIpc) is 2.88. The maximum absolute atomic E-state index is 10.7. The lowest BCUT2D eigenvalue weighted by molar-refractivity contribution is 0.472. The zero-order valence-electron chi connectivity index (χ0n) is 24.9. The number of phenolic OH excluding ortho intramolecular Hbond substituents is 2. The minimum atomic E-state index is -0.0454. The molecule has 0 aliphatic heterocycles. The number of para-hydroxylation sites is 2.